The van der Waals surface area contributed by atoms with Crippen LogP contribution in [0.15, 0.2) is 230 Å². The van der Waals surface area contributed by atoms with E-state index in [1.54, 1.807) is 30.3 Å². The number of nitrogens with zero attached hydrogens (tertiary/aromatic N) is 2. The fraction of sp³-hybridized carbons (Fsp3) is 0. The molecule has 0 saturated carbocycles. The van der Waals surface area contributed by atoms with Crippen molar-refractivity contribution in [1.29, 1.82) is 0 Å². The number of hydrogen-bond donors (Lipinski definition) is 2. The monoisotopic (exact) mass is 830 g/mol. The maximum absolute atomic E-state index is 8.91. The van der Waals surface area contributed by atoms with E-state index < -0.39 is 60.4 Å². The van der Waals surface area contributed by atoms with E-state index >= 15 is 0 Å². The molecule has 5 heteroatoms. The van der Waals surface area contributed by atoms with Crippen LogP contribution in [-0.2, 0) is 0 Å². The van der Waals surface area contributed by atoms with Crippen LogP contribution >= 0.6 is 0 Å². The first-order valence-electron chi connectivity index (χ1n) is 25.8. The molecule has 0 saturated heterocycles. The summed E-state index contributed by atoms with van der Waals surface area (Å²) < 4.78 is 95.1. The topological polar surface area (TPSA) is 50.6 Å². The van der Waals surface area contributed by atoms with Crippen molar-refractivity contribution in [2.75, 3.05) is 10.6 Å². The summed E-state index contributed by atoms with van der Waals surface area (Å²) in [5.41, 5.74) is 4.64. The van der Waals surface area contributed by atoms with Crippen LogP contribution < -0.4 is 15.4 Å². The first-order valence-corrected chi connectivity index (χ1v) is 20.8. The summed E-state index contributed by atoms with van der Waals surface area (Å²) in [6, 6.07) is 47.9. The third kappa shape index (κ3) is 6.46. The third-order valence-electron chi connectivity index (χ3n) is 11.6. The molecule has 0 aliphatic rings. The number of ether oxygens (including phenoxy) is 1. The van der Waals surface area contributed by atoms with E-state index in [1.807, 2.05) is 60.8 Å². The van der Waals surface area contributed by atoms with Crippen LogP contribution in [0.5, 0.6) is 11.5 Å². The smallest absolute Gasteiger partial charge is 0.145 e. The molecule has 0 radical (unpaired) electrons. The summed E-state index contributed by atoms with van der Waals surface area (Å²) in [5.74, 6) is 1.14. The van der Waals surface area contributed by atoms with E-state index in [9.17, 15) is 0 Å². The van der Waals surface area contributed by atoms with E-state index in [2.05, 4.69) is 93.9 Å². The Balaban J connectivity index is 0.962. The van der Waals surface area contributed by atoms with Gasteiger partial charge >= 0.3 is 0 Å². The Bertz CT molecular complexity index is 4240. The lowest BCUT2D eigenvalue weighted by molar-refractivity contribution is 0.483. The molecule has 0 bridgehead atoms. The van der Waals surface area contributed by atoms with Crippen LogP contribution in [0.25, 0.3) is 82.0 Å². The van der Waals surface area contributed by atoms with E-state index in [4.69, 9.17) is 23.4 Å². The van der Waals surface area contributed by atoms with Gasteiger partial charge in [-0.15, -0.1) is 0 Å². The van der Waals surface area contributed by atoms with Gasteiger partial charge in [-0.05, 0) is 81.2 Å². The minimum atomic E-state index is -0.565. The van der Waals surface area contributed by atoms with Crippen molar-refractivity contribution in [3.8, 4) is 33.8 Å². The summed E-state index contributed by atoms with van der Waals surface area (Å²) in [6.07, 6.45) is 1.83. The van der Waals surface area contributed by atoms with Gasteiger partial charge in [0.1, 0.15) is 17.1 Å². The first-order chi connectivity index (χ1) is 35.9. The zero-order valence-electron chi connectivity index (χ0n) is 44.0. The van der Waals surface area contributed by atoms with Gasteiger partial charge in [0.2, 0.25) is 0 Å². The number of aromatic nitrogens is 2. The highest BCUT2D eigenvalue weighted by molar-refractivity contribution is 6.24. The third-order valence-corrected chi connectivity index (χ3v) is 11.6. The molecule has 9 aromatic carbocycles. The second-order valence-corrected chi connectivity index (χ2v) is 15.3. The van der Waals surface area contributed by atoms with Crippen LogP contribution in [0.1, 0.15) is 13.7 Å². The van der Waals surface area contributed by atoms with Crippen LogP contribution in [0.4, 0.5) is 22.7 Å². The molecular weight excluding hydrogens is 781 g/mol. The number of hydrogen-bond acceptors (Lipinski definition) is 4. The normalized spacial score (nSPS) is 13.6. The molecule has 12 aromatic rings. The number of para-hydroxylation sites is 4. The summed E-state index contributed by atoms with van der Waals surface area (Å²) in [7, 11) is 0. The van der Waals surface area contributed by atoms with Gasteiger partial charge in [-0.3, -0.25) is 4.40 Å². The predicted octanol–water partition coefficient (Wildman–Crippen LogP) is 16.3. The molecule has 3 heterocycles. The van der Waals surface area contributed by atoms with Crippen LogP contribution in [0.3, 0.4) is 0 Å². The SMILES string of the molecule is [2H]c1c([2H])c([2H])c(-c2cccc(-c3c([2H])c([2H])c([2H])c([2H])c3[2H])c2Nc2ccccc2Nc2cccc(Oc3ccc4c5cccc6c7ccccc7c7ccccc7c7cccnc7n(c4c3)c65)c2)c([2H])c1[2H]. The number of anilines is 4. The highest BCUT2D eigenvalue weighted by Crippen LogP contribution is 2.42. The maximum atomic E-state index is 8.91. The molecule has 0 atom stereocenters. The maximum Gasteiger partial charge on any atom is 0.145 e. The first kappa shape index (κ1) is 28.0. The number of nitrogens with one attached hydrogen (secondary N) is 2. The largest absolute Gasteiger partial charge is 0.457 e. The molecule has 0 unspecified atom stereocenters. The molecule has 0 fully saturated rings. The minimum absolute atomic E-state index is 0.128. The van der Waals surface area contributed by atoms with Crippen molar-refractivity contribution >= 4 is 82.5 Å². The van der Waals surface area contributed by atoms with Crippen LogP contribution in [0.2, 0.25) is 0 Å². The molecule has 12 rings (SSSR count). The molecule has 0 amide bonds. The van der Waals surface area contributed by atoms with Gasteiger partial charge in [0.15, 0.2) is 0 Å². The average molecular weight is 831 g/mol. The number of benzene rings is 9. The van der Waals surface area contributed by atoms with Crippen molar-refractivity contribution < 1.29 is 18.4 Å². The van der Waals surface area contributed by atoms with Crippen molar-refractivity contribution in [2.24, 2.45) is 0 Å². The Labute approximate surface area is 384 Å². The Morgan fingerprint density at radius 2 is 0.969 bits per heavy atom. The van der Waals surface area contributed by atoms with Crippen LogP contribution in [-0.4, -0.2) is 9.38 Å². The van der Waals surface area contributed by atoms with Gasteiger partial charge in [0.05, 0.1) is 41.8 Å². The zero-order chi connectivity index (χ0) is 51.1. The molecule has 5 nitrogen and oxygen atoms in total. The second-order valence-electron chi connectivity index (χ2n) is 15.3. The Kier molecular flexibility index (Phi) is 6.86. The van der Waals surface area contributed by atoms with Crippen LogP contribution in [0, 0.1) is 0 Å². The van der Waals surface area contributed by atoms with Crippen molar-refractivity contribution in [1.82, 2.24) is 9.38 Å². The van der Waals surface area contributed by atoms with Gasteiger partial charge in [0.25, 0.3) is 0 Å². The van der Waals surface area contributed by atoms with E-state index in [0.29, 0.717) is 28.6 Å². The summed E-state index contributed by atoms with van der Waals surface area (Å²) >= 11 is 0. The minimum Gasteiger partial charge on any atom is -0.457 e. The van der Waals surface area contributed by atoms with E-state index in [1.165, 1.54) is 0 Å². The number of pyridine rings is 1. The average Bonchev–Trinajstić information content (AvgIpc) is 3.77. The molecule has 64 heavy (non-hydrogen) atoms. The fourth-order valence-corrected chi connectivity index (χ4v) is 8.88. The lowest BCUT2D eigenvalue weighted by atomic mass is 9.95. The molecule has 2 N–H and O–H groups in total. The molecule has 0 aliphatic heterocycles. The quantitative estimate of drug-likeness (QED) is 0.160. The van der Waals surface area contributed by atoms with Crippen molar-refractivity contribution in [3.63, 3.8) is 0 Å². The molecule has 0 spiro atoms. The Morgan fingerprint density at radius 3 is 1.66 bits per heavy atom. The van der Waals surface area contributed by atoms with E-state index in [-0.39, 0.29) is 27.9 Å². The zero-order valence-corrected chi connectivity index (χ0v) is 34.0. The standard InChI is InChI=1S/C59H40N4O/c1-3-17-39(18-4-1)44-27-14-28-45(40-19-5-2-6-20-40)57(44)62-55-33-12-11-32-54(55)61-41-21-13-22-42(37-41)64-43-34-35-50-52-30-15-29-51-48-25-9-7-23-46(48)47-24-8-10-26-49(47)53-31-16-36-60-59(53)63(58(51)52)56(50)38-43/h1-38,61-62H/i1D,2D,3D,4D,5D,6D,17D,18D,19D,20D. The van der Waals surface area contributed by atoms with Crippen molar-refractivity contribution in [3.05, 3.63) is 230 Å². The van der Waals surface area contributed by atoms with Gasteiger partial charge in [-0.2, -0.15) is 0 Å². The molecular formula is C59H40N4O. The Hall–Kier alpha value is -8.67. The van der Waals surface area contributed by atoms with Gasteiger partial charge in [-0.1, -0.05) is 164 Å². The highest BCUT2D eigenvalue weighted by Gasteiger charge is 2.18. The molecule has 0 aliphatic carbocycles. The van der Waals surface area contributed by atoms with Gasteiger partial charge < -0.3 is 15.4 Å². The summed E-state index contributed by atoms with van der Waals surface area (Å²) in [6.45, 7) is 0. The molecule has 302 valence electrons. The lowest BCUT2D eigenvalue weighted by Gasteiger charge is -2.20. The van der Waals surface area contributed by atoms with E-state index in [0.717, 1.165) is 59.8 Å². The summed E-state index contributed by atoms with van der Waals surface area (Å²) in [5, 5.41) is 15.5. The predicted molar refractivity (Wildman–Crippen MR) is 268 cm³/mol. The van der Waals surface area contributed by atoms with Gasteiger partial charge in [0, 0.05) is 56.7 Å². The molecule has 3 aromatic heterocycles. The van der Waals surface area contributed by atoms with Crippen molar-refractivity contribution in [2.45, 2.75) is 0 Å². The second kappa shape index (κ2) is 15.7. The summed E-state index contributed by atoms with van der Waals surface area (Å²) in [4.78, 5) is 5.08. The Morgan fingerprint density at radius 1 is 0.438 bits per heavy atom. The highest BCUT2D eigenvalue weighted by atomic mass is 16.5. The fourth-order valence-electron chi connectivity index (χ4n) is 8.88. The van der Waals surface area contributed by atoms with Gasteiger partial charge in [-0.25, -0.2) is 4.98 Å². The number of fused-ring (bicyclic) bond motifs is 10. The number of rotatable bonds is 8. The lowest BCUT2D eigenvalue weighted by Crippen LogP contribution is -2.00.